The zero-order valence-electron chi connectivity index (χ0n) is 14.3. The quantitative estimate of drug-likeness (QED) is 0.264. The number of carbonyl (C=O) groups is 1. The Hall–Kier alpha value is -1.63. The van der Waals surface area contributed by atoms with Crippen LogP contribution in [0.4, 0.5) is 0 Å². The molecule has 2 aromatic rings. The smallest absolute Gasteiger partial charge is 0.596 e. The maximum Gasteiger partial charge on any atom is 1.00 e. The first kappa shape index (κ1) is 22.4. The molecule has 0 aliphatic rings. The van der Waals surface area contributed by atoms with Crippen molar-refractivity contribution in [2.24, 2.45) is 4.99 Å². The van der Waals surface area contributed by atoms with Gasteiger partial charge in [0, 0.05) is 6.61 Å². The molecule has 0 saturated heterocycles. The topological polar surface area (TPSA) is 108 Å². The summed E-state index contributed by atoms with van der Waals surface area (Å²) in [5.41, 5.74) is 0.786. The maximum absolute atomic E-state index is 11.9. The largest absolute Gasteiger partial charge is 1.00 e. The number of hydrogen-bond donors (Lipinski definition) is 1. The number of nitrogens with zero attached hydrogens (tertiary/aromatic N) is 1. The van der Waals surface area contributed by atoms with Crippen LogP contribution in [0.2, 0.25) is 0 Å². The molecule has 2 rings (SSSR count). The fraction of sp³-hybridized carbons (Fsp3) is 0.176. The normalized spacial score (nSPS) is 13.2. The molecule has 7 nitrogen and oxygen atoms in total. The standard InChI is InChI=1S/C17H18NO6P.Na/c19-15(13-25(21,22)24-16-9-5-2-6-10-16)11-18-17(20)23-12-14-7-3-1-4-8-14;/h1-10H,11-13H2,(H,18,20)(H,21,22);/q;+1/p-1. The number of aliphatic imine (C=N–C) groups is 1. The Kier molecular flexibility index (Phi) is 9.62. The van der Waals surface area contributed by atoms with E-state index in [1.165, 1.54) is 12.1 Å². The van der Waals surface area contributed by atoms with Crippen LogP contribution in [0.1, 0.15) is 5.56 Å². The summed E-state index contributed by atoms with van der Waals surface area (Å²) in [5, 5.41) is 11.5. The van der Waals surface area contributed by atoms with E-state index in [0.29, 0.717) is 0 Å². The minimum absolute atomic E-state index is 0. The molecule has 0 aromatic heterocycles. The van der Waals surface area contributed by atoms with E-state index < -0.39 is 32.2 Å². The summed E-state index contributed by atoms with van der Waals surface area (Å²) < 4.78 is 21.7. The molecule has 0 saturated carbocycles. The van der Waals surface area contributed by atoms with Crippen molar-refractivity contribution in [3.63, 3.8) is 0 Å². The van der Waals surface area contributed by atoms with E-state index in [0.717, 1.165) is 5.56 Å². The van der Waals surface area contributed by atoms with Crippen molar-refractivity contribution in [3.05, 3.63) is 66.2 Å². The molecule has 26 heavy (non-hydrogen) atoms. The molecule has 0 radical (unpaired) electrons. The van der Waals surface area contributed by atoms with Gasteiger partial charge in [-0.25, -0.2) is 4.57 Å². The SMILES string of the molecule is O=C(CN=C([O-])OCc1ccccc1)CP(=O)(O)Oc1ccccc1.[Na+]. The van der Waals surface area contributed by atoms with Crippen LogP contribution in [-0.4, -0.2) is 29.5 Å². The number of ketones is 1. The summed E-state index contributed by atoms with van der Waals surface area (Å²) in [6.07, 6.45) is -1.65. The summed E-state index contributed by atoms with van der Waals surface area (Å²) in [4.78, 5) is 24.9. The van der Waals surface area contributed by atoms with Gasteiger partial charge in [0.2, 0.25) is 0 Å². The van der Waals surface area contributed by atoms with Crippen molar-refractivity contribution in [1.82, 2.24) is 0 Å². The van der Waals surface area contributed by atoms with Crippen molar-refractivity contribution < 1.29 is 58.2 Å². The van der Waals surface area contributed by atoms with Gasteiger partial charge >= 0.3 is 37.2 Å². The fourth-order valence-electron chi connectivity index (χ4n) is 1.87. The number of para-hydroxylation sites is 1. The predicted molar refractivity (Wildman–Crippen MR) is 90.3 cm³/mol. The Morgan fingerprint density at radius 1 is 1.08 bits per heavy atom. The molecule has 132 valence electrons. The Morgan fingerprint density at radius 2 is 1.65 bits per heavy atom. The molecule has 0 amide bonds. The molecule has 1 N–H and O–H groups in total. The van der Waals surface area contributed by atoms with Gasteiger partial charge < -0.3 is 19.3 Å². The van der Waals surface area contributed by atoms with E-state index in [1.807, 2.05) is 6.07 Å². The van der Waals surface area contributed by atoms with Crippen LogP contribution >= 0.6 is 7.60 Å². The minimum atomic E-state index is -4.16. The number of hydrogen-bond acceptors (Lipinski definition) is 6. The monoisotopic (exact) mass is 385 g/mol. The Labute approximate surface area is 173 Å². The number of benzene rings is 2. The van der Waals surface area contributed by atoms with Crippen LogP contribution in [0.5, 0.6) is 5.75 Å². The summed E-state index contributed by atoms with van der Waals surface area (Å²) in [6.45, 7) is -0.511. The molecular formula is C17H17NNaO6P. The van der Waals surface area contributed by atoms with E-state index in [2.05, 4.69) is 4.99 Å². The summed E-state index contributed by atoms with van der Waals surface area (Å²) >= 11 is 0. The average molecular weight is 385 g/mol. The van der Waals surface area contributed by atoms with Gasteiger partial charge in [0.15, 0.2) is 5.78 Å². The fourth-order valence-corrected chi connectivity index (χ4v) is 2.93. The minimum Gasteiger partial charge on any atom is -0.596 e. The Bertz CT molecular complexity index is 769. The maximum atomic E-state index is 11.9. The molecule has 0 aliphatic heterocycles. The molecule has 0 aliphatic carbocycles. The van der Waals surface area contributed by atoms with Gasteiger partial charge in [-0.15, -0.1) is 0 Å². The molecule has 9 heteroatoms. The number of ether oxygens (including phenoxy) is 1. The van der Waals surface area contributed by atoms with Gasteiger partial charge in [0.05, 0.1) is 0 Å². The number of rotatable bonds is 8. The Morgan fingerprint density at radius 3 is 2.27 bits per heavy atom. The van der Waals surface area contributed by atoms with Crippen molar-refractivity contribution in [2.75, 3.05) is 12.7 Å². The number of Topliss-reactive ketones (excluding diaryl/α,β-unsaturated/α-hetero) is 1. The molecule has 0 spiro atoms. The molecule has 2 aromatic carbocycles. The van der Waals surface area contributed by atoms with Crippen LogP contribution < -0.4 is 39.2 Å². The van der Waals surface area contributed by atoms with Gasteiger partial charge in [0.25, 0.3) is 0 Å². The summed E-state index contributed by atoms with van der Waals surface area (Å²) in [6, 6.07) is 17.0. The third-order valence-electron chi connectivity index (χ3n) is 2.96. The van der Waals surface area contributed by atoms with Crippen LogP contribution in [-0.2, 0) is 20.7 Å². The average Bonchev–Trinajstić information content (AvgIpc) is 2.59. The van der Waals surface area contributed by atoms with Crippen LogP contribution in [0.15, 0.2) is 65.7 Å². The predicted octanol–water partition coefficient (Wildman–Crippen LogP) is -1.24. The zero-order chi connectivity index (χ0) is 18.1. The summed E-state index contributed by atoms with van der Waals surface area (Å²) in [7, 11) is -4.16. The molecule has 1 atom stereocenters. The van der Waals surface area contributed by atoms with Crippen molar-refractivity contribution in [3.8, 4) is 5.75 Å². The van der Waals surface area contributed by atoms with Gasteiger partial charge in [-0.05, 0) is 17.7 Å². The van der Waals surface area contributed by atoms with Gasteiger partial charge in [-0.3, -0.25) is 9.79 Å². The second-order valence-corrected chi connectivity index (χ2v) is 6.87. The van der Waals surface area contributed by atoms with Crippen LogP contribution in [0.3, 0.4) is 0 Å². The van der Waals surface area contributed by atoms with Gasteiger partial charge in [0.1, 0.15) is 24.5 Å². The first-order valence-electron chi connectivity index (χ1n) is 7.41. The van der Waals surface area contributed by atoms with E-state index in [1.54, 1.807) is 42.5 Å². The first-order valence-corrected chi connectivity index (χ1v) is 9.17. The molecule has 0 bridgehead atoms. The Balaban J connectivity index is 0.00000338. The molecular weight excluding hydrogens is 368 g/mol. The van der Waals surface area contributed by atoms with Gasteiger partial charge in [-0.1, -0.05) is 48.5 Å². The second-order valence-electron chi connectivity index (χ2n) is 5.09. The van der Waals surface area contributed by atoms with E-state index in [9.17, 15) is 19.4 Å². The van der Waals surface area contributed by atoms with E-state index >= 15 is 0 Å². The molecule has 1 unspecified atom stereocenters. The third kappa shape index (κ3) is 8.65. The van der Waals surface area contributed by atoms with E-state index in [-0.39, 0.29) is 41.9 Å². The van der Waals surface area contributed by atoms with Crippen LogP contribution in [0, 0.1) is 0 Å². The van der Waals surface area contributed by atoms with Crippen LogP contribution in [0.25, 0.3) is 0 Å². The summed E-state index contributed by atoms with van der Waals surface area (Å²) in [5.74, 6) is -0.515. The zero-order valence-corrected chi connectivity index (χ0v) is 17.2. The van der Waals surface area contributed by atoms with Crippen molar-refractivity contribution >= 4 is 19.5 Å². The molecule has 0 fully saturated rings. The molecule has 0 heterocycles. The van der Waals surface area contributed by atoms with Crippen molar-refractivity contribution in [2.45, 2.75) is 6.61 Å². The van der Waals surface area contributed by atoms with Gasteiger partial charge in [-0.2, -0.15) is 0 Å². The number of carbonyl (C=O) groups excluding carboxylic acids is 1. The van der Waals surface area contributed by atoms with Crippen molar-refractivity contribution in [1.29, 1.82) is 0 Å². The second kappa shape index (κ2) is 11.2. The third-order valence-corrected chi connectivity index (χ3v) is 4.21. The van der Waals surface area contributed by atoms with E-state index in [4.69, 9.17) is 9.26 Å². The first-order chi connectivity index (χ1) is 11.9.